The number of amides is 1. The summed E-state index contributed by atoms with van der Waals surface area (Å²) in [4.78, 5) is 10.8. The molecule has 2 aliphatic rings. The van der Waals surface area contributed by atoms with E-state index in [1.54, 1.807) is 0 Å². The molecule has 1 amide bonds. The zero-order valence-electron chi connectivity index (χ0n) is 7.69. The van der Waals surface area contributed by atoms with Gasteiger partial charge in [-0.25, -0.2) is 0 Å². The summed E-state index contributed by atoms with van der Waals surface area (Å²) in [5, 5.41) is 2.90. The highest BCUT2D eigenvalue weighted by molar-refractivity contribution is 5.86. The Hall–Kier alpha value is -1.51. The van der Waals surface area contributed by atoms with Crippen LogP contribution in [-0.4, -0.2) is 17.6 Å². The van der Waals surface area contributed by atoms with Gasteiger partial charge in [-0.1, -0.05) is 18.2 Å². The predicted molar refractivity (Wildman–Crippen MR) is 51.0 cm³/mol. The summed E-state index contributed by atoms with van der Waals surface area (Å²) < 4.78 is 5.72. The average molecular weight is 189 g/mol. The van der Waals surface area contributed by atoms with Gasteiger partial charge in [0.2, 0.25) is 5.91 Å². The van der Waals surface area contributed by atoms with Gasteiger partial charge in [-0.3, -0.25) is 4.79 Å². The van der Waals surface area contributed by atoms with E-state index in [4.69, 9.17) is 4.74 Å². The second-order valence-electron chi connectivity index (χ2n) is 4.00. The number of rotatable bonds is 2. The van der Waals surface area contributed by atoms with Crippen molar-refractivity contribution in [2.24, 2.45) is 0 Å². The van der Waals surface area contributed by atoms with Gasteiger partial charge >= 0.3 is 0 Å². The van der Waals surface area contributed by atoms with Gasteiger partial charge in [0.05, 0.1) is 12.0 Å². The molecule has 1 N–H and O–H groups in total. The molecule has 1 aromatic carbocycles. The minimum Gasteiger partial charge on any atom is -0.488 e. The van der Waals surface area contributed by atoms with E-state index in [1.165, 1.54) is 0 Å². The third-order valence-corrected chi connectivity index (χ3v) is 2.89. The van der Waals surface area contributed by atoms with Crippen molar-refractivity contribution < 1.29 is 9.53 Å². The van der Waals surface area contributed by atoms with Gasteiger partial charge in [-0.2, -0.15) is 0 Å². The summed E-state index contributed by atoms with van der Waals surface area (Å²) >= 11 is 0. The zero-order valence-corrected chi connectivity index (χ0v) is 7.69. The van der Waals surface area contributed by atoms with Crippen molar-refractivity contribution in [3.8, 4) is 5.75 Å². The van der Waals surface area contributed by atoms with Crippen LogP contribution in [0.15, 0.2) is 30.3 Å². The van der Waals surface area contributed by atoms with E-state index in [9.17, 15) is 4.79 Å². The molecule has 0 aromatic heterocycles. The maximum Gasteiger partial charge on any atom is 0.223 e. The van der Waals surface area contributed by atoms with E-state index in [0.29, 0.717) is 6.42 Å². The quantitative estimate of drug-likeness (QED) is 0.707. The number of hydrogen-bond acceptors (Lipinski definition) is 2. The molecule has 2 atom stereocenters. The van der Waals surface area contributed by atoms with Crippen molar-refractivity contribution >= 4 is 5.91 Å². The van der Waals surface area contributed by atoms with E-state index in [0.717, 1.165) is 12.2 Å². The number of hydrogen-bond donors (Lipinski definition) is 1. The van der Waals surface area contributed by atoms with Crippen LogP contribution in [0.4, 0.5) is 0 Å². The van der Waals surface area contributed by atoms with Crippen LogP contribution in [-0.2, 0) is 4.79 Å². The molecule has 1 aromatic rings. The minimum atomic E-state index is -0.00702. The maximum atomic E-state index is 10.8. The predicted octanol–water partition coefficient (Wildman–Crippen LogP) is 1.10. The Morgan fingerprint density at radius 3 is 2.71 bits per heavy atom. The lowest BCUT2D eigenvalue weighted by Gasteiger charge is -2.27. The number of benzene rings is 1. The van der Waals surface area contributed by atoms with Crippen molar-refractivity contribution in [2.75, 3.05) is 0 Å². The topological polar surface area (TPSA) is 38.3 Å². The monoisotopic (exact) mass is 189 g/mol. The second kappa shape index (κ2) is 2.50. The van der Waals surface area contributed by atoms with Crippen molar-refractivity contribution in [1.29, 1.82) is 0 Å². The highest BCUT2D eigenvalue weighted by Gasteiger charge is 2.64. The first-order valence-corrected chi connectivity index (χ1v) is 4.81. The van der Waals surface area contributed by atoms with Crippen LogP contribution in [0, 0.1) is 0 Å². The van der Waals surface area contributed by atoms with E-state index >= 15 is 0 Å². The highest BCUT2D eigenvalue weighted by Crippen LogP contribution is 2.46. The Morgan fingerprint density at radius 2 is 2.07 bits per heavy atom. The molecule has 1 unspecified atom stereocenters. The van der Waals surface area contributed by atoms with Gasteiger partial charge in [0.1, 0.15) is 11.9 Å². The summed E-state index contributed by atoms with van der Waals surface area (Å²) in [5.74, 6) is 1.03. The number of β-lactam (4-membered cyclic amide) rings is 1. The van der Waals surface area contributed by atoms with Crippen LogP contribution in [0.5, 0.6) is 5.75 Å². The Balaban J connectivity index is 1.64. The van der Waals surface area contributed by atoms with Gasteiger partial charge in [0.25, 0.3) is 0 Å². The molecular formula is C11H11NO2. The Labute approximate surface area is 82.1 Å². The number of carbonyl (C=O) groups excluding carboxylic acids is 1. The fraction of sp³-hybridized carbons (Fsp3) is 0.364. The first kappa shape index (κ1) is 7.85. The average Bonchev–Trinajstić information content (AvgIpc) is 2.80. The molecular weight excluding hydrogens is 178 g/mol. The molecule has 1 saturated heterocycles. The molecule has 0 radical (unpaired) electrons. The van der Waals surface area contributed by atoms with Crippen molar-refractivity contribution in [1.82, 2.24) is 5.32 Å². The molecule has 0 bridgehead atoms. The lowest BCUT2D eigenvalue weighted by atomic mass is 10.0. The smallest absolute Gasteiger partial charge is 0.223 e. The highest BCUT2D eigenvalue weighted by atomic mass is 16.5. The molecule has 1 aliphatic carbocycles. The van der Waals surface area contributed by atoms with Crippen LogP contribution < -0.4 is 10.1 Å². The molecule has 1 saturated carbocycles. The van der Waals surface area contributed by atoms with Crippen molar-refractivity contribution in [2.45, 2.75) is 24.5 Å². The number of nitrogens with one attached hydrogen (secondary N) is 1. The molecule has 3 rings (SSSR count). The molecule has 3 heteroatoms. The normalized spacial score (nSPS) is 33.4. The summed E-state index contributed by atoms with van der Waals surface area (Å²) in [6.07, 6.45) is 1.76. The van der Waals surface area contributed by atoms with Crippen LogP contribution in [0.25, 0.3) is 0 Å². The molecule has 1 aliphatic heterocycles. The third kappa shape index (κ3) is 1.09. The van der Waals surface area contributed by atoms with Gasteiger partial charge in [0, 0.05) is 6.42 Å². The van der Waals surface area contributed by atoms with Crippen LogP contribution in [0.3, 0.4) is 0 Å². The summed E-state index contributed by atoms with van der Waals surface area (Å²) in [5.41, 5.74) is -0.00702. The molecule has 1 spiro atoms. The molecule has 3 nitrogen and oxygen atoms in total. The third-order valence-electron chi connectivity index (χ3n) is 2.89. The summed E-state index contributed by atoms with van der Waals surface area (Å²) in [6, 6.07) is 9.73. The first-order valence-electron chi connectivity index (χ1n) is 4.81. The first-order chi connectivity index (χ1) is 6.78. The van der Waals surface area contributed by atoms with E-state index < -0.39 is 0 Å². The fourth-order valence-corrected chi connectivity index (χ4v) is 1.95. The van der Waals surface area contributed by atoms with Crippen molar-refractivity contribution in [3.63, 3.8) is 0 Å². The van der Waals surface area contributed by atoms with Crippen LogP contribution in [0.1, 0.15) is 12.8 Å². The summed E-state index contributed by atoms with van der Waals surface area (Å²) in [7, 11) is 0. The molecule has 1 heterocycles. The fourth-order valence-electron chi connectivity index (χ4n) is 1.95. The van der Waals surface area contributed by atoms with Gasteiger partial charge in [0.15, 0.2) is 0 Å². The number of carbonyl (C=O) groups is 1. The Bertz CT molecular complexity index is 366. The minimum absolute atomic E-state index is 0.00702. The van der Waals surface area contributed by atoms with Gasteiger partial charge < -0.3 is 10.1 Å². The SMILES string of the molecule is O=C1CC2(C[C@@H]2Oc2ccccc2)N1. The second-order valence-corrected chi connectivity index (χ2v) is 4.00. The molecule has 14 heavy (non-hydrogen) atoms. The number of ether oxygens (including phenoxy) is 1. The lowest BCUT2D eigenvalue weighted by Crippen LogP contribution is -2.53. The van der Waals surface area contributed by atoms with Gasteiger partial charge in [-0.05, 0) is 12.1 Å². The van der Waals surface area contributed by atoms with E-state index in [2.05, 4.69) is 5.32 Å². The van der Waals surface area contributed by atoms with Crippen molar-refractivity contribution in [3.05, 3.63) is 30.3 Å². The molecule has 72 valence electrons. The Morgan fingerprint density at radius 1 is 1.36 bits per heavy atom. The standard InChI is InChI=1S/C11H11NO2/c13-10-7-11(12-10)6-9(11)14-8-4-2-1-3-5-8/h1-5,9H,6-7H2,(H,12,13)/t9-,11?/m0/s1. The summed E-state index contributed by atoms with van der Waals surface area (Å²) in [6.45, 7) is 0. The van der Waals surface area contributed by atoms with Crippen LogP contribution >= 0.6 is 0 Å². The molecule has 2 fully saturated rings. The van der Waals surface area contributed by atoms with E-state index in [1.807, 2.05) is 30.3 Å². The van der Waals surface area contributed by atoms with Gasteiger partial charge in [-0.15, -0.1) is 0 Å². The largest absolute Gasteiger partial charge is 0.488 e. The van der Waals surface area contributed by atoms with Crippen LogP contribution in [0.2, 0.25) is 0 Å². The lowest BCUT2D eigenvalue weighted by molar-refractivity contribution is -0.129. The van der Waals surface area contributed by atoms with E-state index in [-0.39, 0.29) is 17.6 Å². The number of para-hydroxylation sites is 1. The maximum absolute atomic E-state index is 10.8. The Kier molecular flexibility index (Phi) is 1.40. The zero-order chi connectivity index (χ0) is 9.60.